The van der Waals surface area contributed by atoms with E-state index in [0.717, 1.165) is 28.0 Å². The van der Waals surface area contributed by atoms with Gasteiger partial charge in [0.2, 0.25) is 0 Å². The highest BCUT2D eigenvalue weighted by Gasteiger charge is 2.15. The van der Waals surface area contributed by atoms with Gasteiger partial charge in [-0.2, -0.15) is 0 Å². The number of para-hydroxylation sites is 1. The first-order valence-electron chi connectivity index (χ1n) is 8.83. The molecule has 1 aromatic carbocycles. The maximum absolute atomic E-state index is 13.3. The van der Waals surface area contributed by atoms with Gasteiger partial charge < -0.3 is 4.98 Å². The number of H-pyrrole nitrogens is 1. The van der Waals surface area contributed by atoms with Crippen molar-refractivity contribution in [3.8, 4) is 28.3 Å². The summed E-state index contributed by atoms with van der Waals surface area (Å²) >= 11 is 0. The summed E-state index contributed by atoms with van der Waals surface area (Å²) in [6.07, 6.45) is 6.93. The molecule has 0 aliphatic heterocycles. The van der Waals surface area contributed by atoms with E-state index in [1.165, 1.54) is 0 Å². The van der Waals surface area contributed by atoms with E-state index in [-0.39, 0.29) is 5.56 Å². The Morgan fingerprint density at radius 3 is 2.57 bits per heavy atom. The molecule has 0 spiro atoms. The number of imidazole rings is 1. The minimum absolute atomic E-state index is 0.155. The van der Waals surface area contributed by atoms with Crippen molar-refractivity contribution in [1.29, 1.82) is 0 Å². The first kappa shape index (κ1) is 16.1. The molecule has 0 aliphatic carbocycles. The van der Waals surface area contributed by atoms with Crippen LogP contribution in [0.25, 0.3) is 39.4 Å². The van der Waals surface area contributed by atoms with Crippen LogP contribution in [0.5, 0.6) is 0 Å². The Bertz CT molecular complexity index is 1290. The molecule has 0 fully saturated rings. The third-order valence-corrected chi connectivity index (χ3v) is 4.55. The molecule has 4 aromatic heterocycles. The van der Waals surface area contributed by atoms with Gasteiger partial charge in [-0.3, -0.25) is 19.3 Å². The molecule has 5 aromatic rings. The summed E-state index contributed by atoms with van der Waals surface area (Å²) in [5.74, 6) is 0.510. The molecule has 0 unspecified atom stereocenters. The lowest BCUT2D eigenvalue weighted by Crippen LogP contribution is -2.20. The fourth-order valence-electron chi connectivity index (χ4n) is 3.19. The summed E-state index contributed by atoms with van der Waals surface area (Å²) in [7, 11) is 0. The first-order valence-corrected chi connectivity index (χ1v) is 8.83. The van der Waals surface area contributed by atoms with E-state index in [0.29, 0.717) is 11.4 Å². The molecule has 0 atom stereocenters. The SMILES string of the molecule is O=c1c(-c2nc3ccncc3[nH]2)cc(-c2ccccn2)cn1-c1ccccc1. The van der Waals surface area contributed by atoms with Crippen molar-refractivity contribution in [2.75, 3.05) is 0 Å². The molecule has 0 saturated carbocycles. The lowest BCUT2D eigenvalue weighted by Gasteiger charge is -2.11. The molecular weight excluding hydrogens is 350 g/mol. The van der Waals surface area contributed by atoms with Crippen LogP contribution in [0, 0.1) is 0 Å². The number of aromatic nitrogens is 5. The fourth-order valence-corrected chi connectivity index (χ4v) is 3.19. The van der Waals surface area contributed by atoms with Gasteiger partial charge in [-0.1, -0.05) is 24.3 Å². The van der Waals surface area contributed by atoms with Crippen LogP contribution in [0.3, 0.4) is 0 Å². The lowest BCUT2D eigenvalue weighted by molar-refractivity contribution is 0.989. The lowest BCUT2D eigenvalue weighted by atomic mass is 10.1. The highest BCUT2D eigenvalue weighted by Crippen LogP contribution is 2.23. The maximum Gasteiger partial charge on any atom is 0.266 e. The standard InChI is InChI=1S/C22H15N5O/c28-22-17(21-25-19-9-11-23-13-20(19)26-21)12-15(18-8-4-5-10-24-18)14-27(22)16-6-2-1-3-7-16/h1-14H,(H,25,26). The Labute approximate surface area is 160 Å². The number of nitrogens with one attached hydrogen (secondary N) is 1. The second-order valence-corrected chi connectivity index (χ2v) is 6.35. The Hall–Kier alpha value is -4.06. The smallest absolute Gasteiger partial charge is 0.266 e. The van der Waals surface area contributed by atoms with Crippen LogP contribution in [0.2, 0.25) is 0 Å². The fraction of sp³-hybridized carbons (Fsp3) is 0. The summed E-state index contributed by atoms with van der Waals surface area (Å²) in [6.45, 7) is 0. The second kappa shape index (κ2) is 6.59. The van der Waals surface area contributed by atoms with Gasteiger partial charge in [-0.25, -0.2) is 4.98 Å². The van der Waals surface area contributed by atoms with Gasteiger partial charge in [0.1, 0.15) is 5.82 Å². The molecule has 5 rings (SSSR count). The molecule has 1 N–H and O–H groups in total. The summed E-state index contributed by atoms with van der Waals surface area (Å²) in [5, 5.41) is 0. The van der Waals surface area contributed by atoms with Crippen LogP contribution in [0.4, 0.5) is 0 Å². The molecule has 4 heterocycles. The van der Waals surface area contributed by atoms with Gasteiger partial charge in [0.25, 0.3) is 5.56 Å². The number of nitrogens with zero attached hydrogens (tertiary/aromatic N) is 4. The molecule has 6 nitrogen and oxygen atoms in total. The van der Waals surface area contributed by atoms with Crippen LogP contribution in [0.1, 0.15) is 0 Å². The highest BCUT2D eigenvalue weighted by molar-refractivity contribution is 5.79. The number of hydrogen-bond donors (Lipinski definition) is 1. The summed E-state index contributed by atoms with van der Waals surface area (Å²) in [4.78, 5) is 29.6. The van der Waals surface area contributed by atoms with Crippen molar-refractivity contribution < 1.29 is 0 Å². The third-order valence-electron chi connectivity index (χ3n) is 4.55. The predicted molar refractivity (Wildman–Crippen MR) is 108 cm³/mol. The van der Waals surface area contributed by atoms with Crippen LogP contribution < -0.4 is 5.56 Å². The van der Waals surface area contributed by atoms with Crippen molar-refractivity contribution in [2.24, 2.45) is 0 Å². The van der Waals surface area contributed by atoms with E-state index >= 15 is 0 Å². The Balaban J connectivity index is 1.79. The minimum Gasteiger partial charge on any atom is -0.337 e. The molecular formula is C22H15N5O. The Morgan fingerprint density at radius 1 is 0.929 bits per heavy atom. The van der Waals surface area contributed by atoms with Crippen molar-refractivity contribution in [3.63, 3.8) is 0 Å². The number of rotatable bonds is 3. The molecule has 0 saturated heterocycles. The van der Waals surface area contributed by atoms with Crippen molar-refractivity contribution in [3.05, 3.63) is 95.8 Å². The monoisotopic (exact) mass is 365 g/mol. The molecule has 134 valence electrons. The van der Waals surface area contributed by atoms with E-state index in [2.05, 4.69) is 19.9 Å². The van der Waals surface area contributed by atoms with Gasteiger partial charge in [0.15, 0.2) is 0 Å². The summed E-state index contributed by atoms with van der Waals surface area (Å²) in [5.41, 5.74) is 4.26. The van der Waals surface area contributed by atoms with Gasteiger partial charge in [0.05, 0.1) is 28.5 Å². The number of benzene rings is 1. The van der Waals surface area contributed by atoms with E-state index < -0.39 is 0 Å². The van der Waals surface area contributed by atoms with Gasteiger partial charge in [0, 0.05) is 29.8 Å². The quantitative estimate of drug-likeness (QED) is 0.527. The van der Waals surface area contributed by atoms with Crippen LogP contribution in [-0.2, 0) is 0 Å². The number of aromatic amines is 1. The zero-order valence-corrected chi connectivity index (χ0v) is 14.8. The normalized spacial score (nSPS) is 11.0. The molecule has 6 heteroatoms. The predicted octanol–water partition coefficient (Wildman–Crippen LogP) is 3.84. The number of pyridine rings is 3. The summed E-state index contributed by atoms with van der Waals surface area (Å²) in [6, 6.07) is 18.9. The van der Waals surface area contributed by atoms with Gasteiger partial charge >= 0.3 is 0 Å². The first-order chi connectivity index (χ1) is 13.8. The average molecular weight is 365 g/mol. The highest BCUT2D eigenvalue weighted by atomic mass is 16.1. The molecule has 0 bridgehead atoms. The zero-order chi connectivity index (χ0) is 18.9. The molecule has 0 aliphatic rings. The Morgan fingerprint density at radius 2 is 1.79 bits per heavy atom. The zero-order valence-electron chi connectivity index (χ0n) is 14.8. The summed E-state index contributed by atoms with van der Waals surface area (Å²) < 4.78 is 1.63. The van der Waals surface area contributed by atoms with E-state index in [4.69, 9.17) is 0 Å². The number of hydrogen-bond acceptors (Lipinski definition) is 4. The average Bonchev–Trinajstić information content (AvgIpc) is 3.19. The van der Waals surface area contributed by atoms with E-state index in [1.54, 1.807) is 23.2 Å². The molecule has 0 radical (unpaired) electrons. The van der Waals surface area contributed by atoms with E-state index in [9.17, 15) is 4.79 Å². The largest absolute Gasteiger partial charge is 0.337 e. The Kier molecular flexibility index (Phi) is 3.80. The molecule has 28 heavy (non-hydrogen) atoms. The van der Waals surface area contributed by atoms with Crippen molar-refractivity contribution in [1.82, 2.24) is 24.5 Å². The van der Waals surface area contributed by atoms with Crippen molar-refractivity contribution >= 4 is 11.0 Å². The maximum atomic E-state index is 13.3. The van der Waals surface area contributed by atoms with Crippen LogP contribution in [-0.4, -0.2) is 24.5 Å². The minimum atomic E-state index is -0.155. The van der Waals surface area contributed by atoms with Crippen molar-refractivity contribution in [2.45, 2.75) is 0 Å². The van der Waals surface area contributed by atoms with E-state index in [1.807, 2.05) is 66.9 Å². The van der Waals surface area contributed by atoms with Crippen LogP contribution >= 0.6 is 0 Å². The second-order valence-electron chi connectivity index (χ2n) is 6.35. The third kappa shape index (κ3) is 2.77. The number of fused-ring (bicyclic) bond motifs is 1. The van der Waals surface area contributed by atoms with Gasteiger partial charge in [-0.15, -0.1) is 0 Å². The molecule has 0 amide bonds. The topological polar surface area (TPSA) is 76.5 Å². The van der Waals surface area contributed by atoms with Crippen LogP contribution in [0.15, 0.2) is 90.2 Å². The van der Waals surface area contributed by atoms with Gasteiger partial charge in [-0.05, 0) is 36.4 Å².